The Kier molecular flexibility index (Phi) is 3.81. The van der Waals surface area contributed by atoms with Crippen molar-refractivity contribution < 1.29 is 0 Å². The van der Waals surface area contributed by atoms with Gasteiger partial charge in [0.25, 0.3) is 0 Å². The Hall–Kier alpha value is -1.71. The van der Waals surface area contributed by atoms with Gasteiger partial charge in [-0.1, -0.05) is 42.0 Å². The zero-order chi connectivity index (χ0) is 13.9. The molecule has 3 rings (SSSR count). The number of fused-ring (bicyclic) bond motifs is 1. The maximum absolute atomic E-state index is 4.65. The third-order valence-electron chi connectivity index (χ3n) is 3.48. The van der Waals surface area contributed by atoms with E-state index in [1.165, 1.54) is 15.8 Å². The first kappa shape index (κ1) is 13.3. The van der Waals surface area contributed by atoms with Gasteiger partial charge < -0.3 is 5.32 Å². The van der Waals surface area contributed by atoms with Crippen LogP contribution in [0.4, 0.5) is 0 Å². The van der Waals surface area contributed by atoms with Crippen molar-refractivity contribution in [2.75, 3.05) is 0 Å². The highest BCUT2D eigenvalue weighted by atomic mass is 32.1. The van der Waals surface area contributed by atoms with E-state index in [0.29, 0.717) is 6.04 Å². The lowest BCUT2D eigenvalue weighted by molar-refractivity contribution is 0.573. The largest absolute Gasteiger partial charge is 0.304 e. The fourth-order valence-electron chi connectivity index (χ4n) is 2.21. The van der Waals surface area contributed by atoms with E-state index in [0.717, 1.165) is 17.1 Å². The highest BCUT2D eigenvalue weighted by Gasteiger charge is 2.07. The van der Waals surface area contributed by atoms with E-state index in [1.54, 1.807) is 11.3 Å². The molecule has 0 saturated carbocycles. The van der Waals surface area contributed by atoms with Gasteiger partial charge in [-0.05, 0) is 31.5 Å². The molecule has 2 aromatic carbocycles. The van der Waals surface area contributed by atoms with Crippen molar-refractivity contribution in [1.82, 2.24) is 10.3 Å². The molecule has 0 amide bonds. The van der Waals surface area contributed by atoms with Gasteiger partial charge in [-0.2, -0.15) is 0 Å². The minimum Gasteiger partial charge on any atom is -0.304 e. The molecule has 0 aliphatic carbocycles. The van der Waals surface area contributed by atoms with Crippen LogP contribution in [0.25, 0.3) is 10.2 Å². The second-order valence-corrected chi connectivity index (χ2v) is 6.20. The summed E-state index contributed by atoms with van der Waals surface area (Å²) >= 11 is 1.76. The third-order valence-corrected chi connectivity index (χ3v) is 4.51. The first-order chi connectivity index (χ1) is 9.72. The first-order valence-electron chi connectivity index (χ1n) is 6.87. The Morgan fingerprint density at radius 3 is 2.60 bits per heavy atom. The minimum absolute atomic E-state index is 0.336. The van der Waals surface area contributed by atoms with Crippen molar-refractivity contribution in [3.63, 3.8) is 0 Å². The second-order valence-electron chi connectivity index (χ2n) is 5.09. The minimum atomic E-state index is 0.336. The van der Waals surface area contributed by atoms with Gasteiger partial charge in [-0.3, -0.25) is 0 Å². The normalized spacial score (nSPS) is 12.7. The second kappa shape index (κ2) is 5.73. The Morgan fingerprint density at radius 1 is 1.10 bits per heavy atom. The lowest BCUT2D eigenvalue weighted by Crippen LogP contribution is -2.17. The zero-order valence-electron chi connectivity index (χ0n) is 11.8. The van der Waals surface area contributed by atoms with Gasteiger partial charge in [0, 0.05) is 12.6 Å². The maximum atomic E-state index is 4.65. The molecular formula is C17H18N2S. The van der Waals surface area contributed by atoms with E-state index >= 15 is 0 Å². The van der Waals surface area contributed by atoms with E-state index in [-0.39, 0.29) is 0 Å². The summed E-state index contributed by atoms with van der Waals surface area (Å²) in [6, 6.07) is 17.3. The van der Waals surface area contributed by atoms with Crippen LogP contribution in [0.1, 0.15) is 29.1 Å². The molecule has 2 nitrogen and oxygen atoms in total. The Morgan fingerprint density at radius 2 is 1.85 bits per heavy atom. The van der Waals surface area contributed by atoms with Crippen LogP contribution in [-0.4, -0.2) is 4.98 Å². The van der Waals surface area contributed by atoms with E-state index in [2.05, 4.69) is 66.6 Å². The topological polar surface area (TPSA) is 24.9 Å². The molecule has 0 aliphatic rings. The number of thiazole rings is 1. The van der Waals surface area contributed by atoms with Crippen molar-refractivity contribution in [3.05, 3.63) is 64.7 Å². The fraction of sp³-hybridized carbons (Fsp3) is 0.235. The molecule has 3 aromatic rings. The molecule has 1 N–H and O–H groups in total. The lowest BCUT2D eigenvalue weighted by Gasteiger charge is -2.13. The number of para-hydroxylation sites is 1. The van der Waals surface area contributed by atoms with Crippen LogP contribution in [0, 0.1) is 6.92 Å². The molecule has 3 heteroatoms. The molecule has 0 aliphatic heterocycles. The van der Waals surface area contributed by atoms with Gasteiger partial charge in [0.1, 0.15) is 5.01 Å². The van der Waals surface area contributed by atoms with Crippen LogP contribution in [0.5, 0.6) is 0 Å². The number of hydrogen-bond donors (Lipinski definition) is 1. The molecule has 1 aromatic heterocycles. The summed E-state index contributed by atoms with van der Waals surface area (Å²) in [5, 5.41) is 4.69. The molecule has 1 heterocycles. The van der Waals surface area contributed by atoms with E-state index in [4.69, 9.17) is 0 Å². The van der Waals surface area contributed by atoms with Gasteiger partial charge in [0.05, 0.1) is 10.2 Å². The number of aromatic nitrogens is 1. The number of hydrogen-bond acceptors (Lipinski definition) is 3. The average Bonchev–Trinajstić information content (AvgIpc) is 2.88. The Bertz CT molecular complexity index is 667. The van der Waals surface area contributed by atoms with Crippen molar-refractivity contribution in [2.24, 2.45) is 0 Å². The number of rotatable bonds is 4. The molecule has 1 unspecified atom stereocenters. The molecule has 0 spiro atoms. The molecule has 0 radical (unpaired) electrons. The van der Waals surface area contributed by atoms with Gasteiger partial charge >= 0.3 is 0 Å². The van der Waals surface area contributed by atoms with Crippen molar-refractivity contribution in [3.8, 4) is 0 Å². The Labute approximate surface area is 123 Å². The van der Waals surface area contributed by atoms with Gasteiger partial charge in [0.15, 0.2) is 0 Å². The van der Waals surface area contributed by atoms with Crippen molar-refractivity contribution in [1.29, 1.82) is 0 Å². The fourth-order valence-corrected chi connectivity index (χ4v) is 3.13. The molecule has 0 saturated heterocycles. The van der Waals surface area contributed by atoms with Crippen LogP contribution < -0.4 is 5.32 Å². The average molecular weight is 282 g/mol. The predicted octanol–water partition coefficient (Wildman–Crippen LogP) is 4.46. The predicted molar refractivity (Wildman–Crippen MR) is 86.1 cm³/mol. The van der Waals surface area contributed by atoms with E-state index < -0.39 is 0 Å². The first-order valence-corrected chi connectivity index (χ1v) is 7.68. The number of aryl methyl sites for hydroxylation is 1. The van der Waals surface area contributed by atoms with Crippen LogP contribution >= 0.6 is 11.3 Å². The number of benzene rings is 2. The van der Waals surface area contributed by atoms with E-state index in [1.807, 2.05) is 6.07 Å². The summed E-state index contributed by atoms with van der Waals surface area (Å²) in [4.78, 5) is 4.65. The van der Waals surface area contributed by atoms with Crippen molar-refractivity contribution in [2.45, 2.75) is 26.4 Å². The highest BCUT2D eigenvalue weighted by molar-refractivity contribution is 7.18. The summed E-state index contributed by atoms with van der Waals surface area (Å²) < 4.78 is 1.26. The number of nitrogens with zero attached hydrogens (tertiary/aromatic N) is 1. The van der Waals surface area contributed by atoms with Crippen molar-refractivity contribution >= 4 is 21.6 Å². The SMILES string of the molecule is Cc1ccc(C(C)NCc2nc3ccccc3s2)cc1. The summed E-state index contributed by atoms with van der Waals surface area (Å²) in [6.45, 7) is 5.12. The van der Waals surface area contributed by atoms with Crippen LogP contribution in [0.3, 0.4) is 0 Å². The number of nitrogens with one attached hydrogen (secondary N) is 1. The molecule has 20 heavy (non-hydrogen) atoms. The summed E-state index contributed by atoms with van der Waals surface area (Å²) in [6.07, 6.45) is 0. The molecular weight excluding hydrogens is 264 g/mol. The highest BCUT2D eigenvalue weighted by Crippen LogP contribution is 2.22. The van der Waals surface area contributed by atoms with Gasteiger partial charge in [-0.15, -0.1) is 11.3 Å². The monoisotopic (exact) mass is 282 g/mol. The van der Waals surface area contributed by atoms with Gasteiger partial charge in [-0.25, -0.2) is 4.98 Å². The quantitative estimate of drug-likeness (QED) is 0.764. The van der Waals surface area contributed by atoms with E-state index in [9.17, 15) is 0 Å². The molecule has 102 valence electrons. The molecule has 1 atom stereocenters. The maximum Gasteiger partial charge on any atom is 0.108 e. The van der Waals surface area contributed by atoms with Crippen LogP contribution in [-0.2, 0) is 6.54 Å². The molecule has 0 bridgehead atoms. The standard InChI is InChI=1S/C17H18N2S/c1-12-7-9-14(10-8-12)13(2)18-11-17-19-15-5-3-4-6-16(15)20-17/h3-10,13,18H,11H2,1-2H3. The van der Waals surface area contributed by atoms with Crippen LogP contribution in [0.15, 0.2) is 48.5 Å². The summed E-state index contributed by atoms with van der Waals surface area (Å²) in [7, 11) is 0. The third kappa shape index (κ3) is 2.89. The summed E-state index contributed by atoms with van der Waals surface area (Å²) in [5.74, 6) is 0. The lowest BCUT2D eigenvalue weighted by atomic mass is 10.1. The van der Waals surface area contributed by atoms with Crippen LogP contribution in [0.2, 0.25) is 0 Å². The zero-order valence-corrected chi connectivity index (χ0v) is 12.6. The Balaban J connectivity index is 1.68. The molecule has 0 fully saturated rings. The summed E-state index contributed by atoms with van der Waals surface area (Å²) in [5.41, 5.74) is 3.71. The smallest absolute Gasteiger partial charge is 0.108 e. The van der Waals surface area contributed by atoms with Gasteiger partial charge in [0.2, 0.25) is 0 Å².